The molecule has 4 heterocycles. The zero-order valence-corrected chi connectivity index (χ0v) is 14.8. The Bertz CT molecular complexity index is 913. The fourth-order valence-electron chi connectivity index (χ4n) is 3.98. The first kappa shape index (κ1) is 17.6. The number of nitrogens with one attached hydrogen (secondary N) is 1. The summed E-state index contributed by atoms with van der Waals surface area (Å²) >= 11 is 0. The van der Waals surface area contributed by atoms with Crippen LogP contribution in [0.4, 0.5) is 0 Å². The van der Waals surface area contributed by atoms with Gasteiger partial charge in [-0.15, -0.1) is 5.10 Å². The lowest BCUT2D eigenvalue weighted by Crippen LogP contribution is -2.56. The summed E-state index contributed by atoms with van der Waals surface area (Å²) in [5.41, 5.74) is -1.75. The highest BCUT2D eigenvalue weighted by Crippen LogP contribution is 2.32. The third-order valence-electron chi connectivity index (χ3n) is 5.43. The number of carbonyl (C=O) groups excluding carboxylic acids is 1. The van der Waals surface area contributed by atoms with E-state index in [0.717, 1.165) is 12.8 Å². The van der Waals surface area contributed by atoms with Gasteiger partial charge in [0.2, 0.25) is 0 Å². The van der Waals surface area contributed by atoms with E-state index in [1.54, 1.807) is 4.90 Å². The van der Waals surface area contributed by atoms with Crippen molar-refractivity contribution in [2.45, 2.75) is 37.3 Å². The number of aromatic nitrogens is 6. The van der Waals surface area contributed by atoms with E-state index in [1.807, 2.05) is 0 Å². The van der Waals surface area contributed by atoms with Gasteiger partial charge in [-0.25, -0.2) is 9.48 Å². The highest BCUT2D eigenvalue weighted by Gasteiger charge is 2.46. The summed E-state index contributed by atoms with van der Waals surface area (Å²) in [5.74, 6) is -0.0553. The average Bonchev–Trinajstić information content (AvgIpc) is 3.23. The van der Waals surface area contributed by atoms with Crippen molar-refractivity contribution >= 4 is 5.91 Å². The lowest BCUT2D eigenvalue weighted by molar-refractivity contribution is -0.149. The van der Waals surface area contributed by atoms with Gasteiger partial charge < -0.3 is 9.64 Å². The van der Waals surface area contributed by atoms with Crippen LogP contribution >= 0.6 is 0 Å². The molecule has 2 aliphatic heterocycles. The van der Waals surface area contributed by atoms with Crippen LogP contribution in [0, 0.1) is 0 Å². The predicted octanol–water partition coefficient (Wildman–Crippen LogP) is -1.11. The van der Waals surface area contributed by atoms with Gasteiger partial charge >= 0.3 is 5.69 Å². The Kier molecular flexibility index (Phi) is 4.60. The number of carbonyl (C=O) groups is 1. The molecule has 2 saturated heterocycles. The standard InChI is InChI=1S/C16H21N7O4/c24-13-3-7-22(15(26)18-13)12-2-1-6-21(10-12)14(25)16(4-8-27-9-5-16)23-11-17-19-20-23/h3,7,11-12H,1-2,4-6,8-10H2,(H,18,24,26). The summed E-state index contributed by atoms with van der Waals surface area (Å²) in [7, 11) is 0. The molecule has 4 rings (SSSR count). The maximum Gasteiger partial charge on any atom is 0.328 e. The van der Waals surface area contributed by atoms with E-state index >= 15 is 0 Å². The van der Waals surface area contributed by atoms with Gasteiger partial charge in [0.15, 0.2) is 0 Å². The number of hydrogen-bond donors (Lipinski definition) is 1. The van der Waals surface area contributed by atoms with E-state index < -0.39 is 16.8 Å². The monoisotopic (exact) mass is 375 g/mol. The number of tetrazole rings is 1. The van der Waals surface area contributed by atoms with E-state index in [0.29, 0.717) is 39.1 Å². The molecule has 1 atom stereocenters. The van der Waals surface area contributed by atoms with Crippen LogP contribution in [0.25, 0.3) is 0 Å². The molecule has 2 fully saturated rings. The molecule has 2 aromatic heterocycles. The Morgan fingerprint density at radius 3 is 2.81 bits per heavy atom. The predicted molar refractivity (Wildman–Crippen MR) is 92.0 cm³/mol. The van der Waals surface area contributed by atoms with E-state index in [-0.39, 0.29) is 11.9 Å². The quantitative estimate of drug-likeness (QED) is 0.720. The maximum atomic E-state index is 13.5. The number of likely N-dealkylation sites (tertiary alicyclic amines) is 1. The molecule has 11 nitrogen and oxygen atoms in total. The zero-order chi connectivity index (χ0) is 18.9. The summed E-state index contributed by atoms with van der Waals surface area (Å²) in [5, 5.41) is 11.4. The highest BCUT2D eigenvalue weighted by molar-refractivity contribution is 5.84. The number of ether oxygens (including phenoxy) is 1. The van der Waals surface area contributed by atoms with Gasteiger partial charge in [-0.3, -0.25) is 19.1 Å². The number of aromatic amines is 1. The van der Waals surface area contributed by atoms with Crippen molar-refractivity contribution < 1.29 is 9.53 Å². The molecule has 1 N–H and O–H groups in total. The molecular weight excluding hydrogens is 354 g/mol. The zero-order valence-electron chi connectivity index (χ0n) is 14.8. The average molecular weight is 375 g/mol. The third-order valence-corrected chi connectivity index (χ3v) is 5.43. The largest absolute Gasteiger partial charge is 0.381 e. The van der Waals surface area contributed by atoms with Crippen molar-refractivity contribution in [3.05, 3.63) is 39.4 Å². The molecule has 0 aliphatic carbocycles. The number of amides is 1. The summed E-state index contributed by atoms with van der Waals surface area (Å²) in [6.45, 7) is 1.93. The minimum Gasteiger partial charge on any atom is -0.381 e. The second-order valence-electron chi connectivity index (χ2n) is 6.96. The Hall–Kier alpha value is -2.82. The molecule has 144 valence electrons. The Morgan fingerprint density at radius 2 is 2.11 bits per heavy atom. The van der Waals surface area contributed by atoms with Crippen molar-refractivity contribution in [2.24, 2.45) is 0 Å². The lowest BCUT2D eigenvalue weighted by atomic mass is 9.87. The first-order chi connectivity index (χ1) is 13.1. The number of H-pyrrole nitrogens is 1. The highest BCUT2D eigenvalue weighted by atomic mass is 16.5. The maximum absolute atomic E-state index is 13.5. The topological polar surface area (TPSA) is 128 Å². The Labute approximate surface area is 153 Å². The van der Waals surface area contributed by atoms with Gasteiger partial charge in [0, 0.05) is 51.4 Å². The van der Waals surface area contributed by atoms with Gasteiger partial charge in [-0.05, 0) is 23.3 Å². The molecule has 0 radical (unpaired) electrons. The van der Waals surface area contributed by atoms with E-state index in [4.69, 9.17) is 4.74 Å². The molecular formula is C16H21N7O4. The van der Waals surface area contributed by atoms with Gasteiger partial charge in [0.1, 0.15) is 11.9 Å². The van der Waals surface area contributed by atoms with Crippen molar-refractivity contribution in [3.8, 4) is 0 Å². The van der Waals surface area contributed by atoms with Crippen LogP contribution in [-0.2, 0) is 15.1 Å². The first-order valence-corrected chi connectivity index (χ1v) is 9.02. The van der Waals surface area contributed by atoms with Crippen LogP contribution in [0.2, 0.25) is 0 Å². The smallest absolute Gasteiger partial charge is 0.328 e. The fourth-order valence-corrected chi connectivity index (χ4v) is 3.98. The molecule has 0 bridgehead atoms. The molecule has 0 saturated carbocycles. The minimum atomic E-state index is -0.862. The summed E-state index contributed by atoms with van der Waals surface area (Å²) in [6.07, 6.45) is 5.48. The van der Waals surface area contributed by atoms with Gasteiger partial charge in [-0.2, -0.15) is 0 Å². The Balaban J connectivity index is 1.61. The number of piperidine rings is 1. The molecule has 1 unspecified atom stereocenters. The SMILES string of the molecule is O=C(N1CCCC(n2ccc(=O)[nH]c2=O)C1)C1(n2cnnn2)CCOCC1. The van der Waals surface area contributed by atoms with Crippen molar-refractivity contribution in [2.75, 3.05) is 26.3 Å². The number of hydrogen-bond acceptors (Lipinski definition) is 7. The van der Waals surface area contributed by atoms with E-state index in [9.17, 15) is 14.4 Å². The van der Waals surface area contributed by atoms with Crippen molar-refractivity contribution in [1.82, 2.24) is 34.7 Å². The van der Waals surface area contributed by atoms with Crippen LogP contribution in [0.3, 0.4) is 0 Å². The molecule has 1 amide bonds. The lowest BCUT2D eigenvalue weighted by Gasteiger charge is -2.42. The van der Waals surface area contributed by atoms with Crippen molar-refractivity contribution in [3.63, 3.8) is 0 Å². The minimum absolute atomic E-state index is 0.0553. The molecule has 11 heteroatoms. The second-order valence-corrected chi connectivity index (χ2v) is 6.96. The molecule has 27 heavy (non-hydrogen) atoms. The van der Waals surface area contributed by atoms with Gasteiger partial charge in [0.25, 0.3) is 11.5 Å². The van der Waals surface area contributed by atoms with Gasteiger partial charge in [-0.1, -0.05) is 0 Å². The number of nitrogens with zero attached hydrogens (tertiary/aromatic N) is 6. The second kappa shape index (κ2) is 7.06. The van der Waals surface area contributed by atoms with E-state index in [1.165, 1.54) is 27.8 Å². The summed E-state index contributed by atoms with van der Waals surface area (Å²) in [4.78, 5) is 41.0. The van der Waals surface area contributed by atoms with E-state index in [2.05, 4.69) is 20.5 Å². The first-order valence-electron chi connectivity index (χ1n) is 9.02. The molecule has 0 spiro atoms. The molecule has 0 aromatic carbocycles. The van der Waals surface area contributed by atoms with Crippen LogP contribution in [-0.4, -0.2) is 66.9 Å². The number of rotatable bonds is 3. The van der Waals surface area contributed by atoms with Crippen LogP contribution < -0.4 is 11.2 Å². The third kappa shape index (κ3) is 3.18. The fraction of sp³-hybridized carbons (Fsp3) is 0.625. The van der Waals surface area contributed by atoms with Crippen LogP contribution in [0.15, 0.2) is 28.2 Å². The van der Waals surface area contributed by atoms with Gasteiger partial charge in [0.05, 0.1) is 6.04 Å². The Morgan fingerprint density at radius 1 is 1.30 bits per heavy atom. The summed E-state index contributed by atoms with van der Waals surface area (Å²) < 4.78 is 8.48. The van der Waals surface area contributed by atoms with Crippen LogP contribution in [0.1, 0.15) is 31.7 Å². The molecule has 2 aliphatic rings. The van der Waals surface area contributed by atoms with Crippen LogP contribution in [0.5, 0.6) is 0 Å². The normalized spacial score (nSPS) is 22.5. The molecule has 2 aromatic rings. The summed E-state index contributed by atoms with van der Waals surface area (Å²) in [6, 6.07) is 1.14. The van der Waals surface area contributed by atoms with Crippen molar-refractivity contribution in [1.29, 1.82) is 0 Å².